The molecule has 9 heteroatoms. The second-order valence-electron chi connectivity index (χ2n) is 8.63. The van der Waals surface area contributed by atoms with E-state index in [1.807, 2.05) is 31.2 Å². The molecule has 0 radical (unpaired) electrons. The first-order valence-electron chi connectivity index (χ1n) is 12.2. The zero-order valence-corrected chi connectivity index (χ0v) is 21.7. The summed E-state index contributed by atoms with van der Waals surface area (Å²) in [5.41, 5.74) is 6.49. The molecule has 0 atom stereocenters. The molecule has 192 valence electrons. The zero-order chi connectivity index (χ0) is 26.2. The third-order valence-electron chi connectivity index (χ3n) is 5.87. The van der Waals surface area contributed by atoms with Crippen LogP contribution in [0.15, 0.2) is 53.6 Å². The topological polar surface area (TPSA) is 106 Å². The Labute approximate surface area is 219 Å². The van der Waals surface area contributed by atoms with E-state index in [2.05, 4.69) is 15.8 Å². The summed E-state index contributed by atoms with van der Waals surface area (Å²) in [5, 5.41) is 6.79. The Morgan fingerprint density at radius 3 is 2.46 bits per heavy atom. The van der Waals surface area contributed by atoms with Gasteiger partial charge in [-0.1, -0.05) is 29.8 Å². The number of rotatable bonds is 8. The van der Waals surface area contributed by atoms with Crippen molar-refractivity contribution in [1.82, 2.24) is 5.43 Å². The van der Waals surface area contributed by atoms with Crippen LogP contribution in [0.25, 0.3) is 0 Å². The number of fused-ring (bicyclic) bond motifs is 1. The van der Waals surface area contributed by atoms with Crippen LogP contribution in [0.1, 0.15) is 57.3 Å². The highest BCUT2D eigenvalue weighted by atomic mass is 32.1. The van der Waals surface area contributed by atoms with E-state index in [0.29, 0.717) is 22.9 Å². The van der Waals surface area contributed by atoms with E-state index in [4.69, 9.17) is 9.47 Å². The smallest absolute Gasteiger partial charge is 0.341 e. The van der Waals surface area contributed by atoms with E-state index in [-0.39, 0.29) is 6.61 Å². The van der Waals surface area contributed by atoms with Crippen LogP contribution < -0.4 is 15.5 Å². The molecule has 37 heavy (non-hydrogen) atoms. The second kappa shape index (κ2) is 12.3. The minimum Gasteiger partial charge on any atom is -0.489 e. The lowest BCUT2D eigenvalue weighted by atomic mass is 9.95. The number of hydrogen-bond donors (Lipinski definition) is 2. The van der Waals surface area contributed by atoms with Gasteiger partial charge < -0.3 is 14.8 Å². The lowest BCUT2D eigenvalue weighted by Crippen LogP contribution is -2.32. The predicted molar refractivity (Wildman–Crippen MR) is 143 cm³/mol. The Bertz CT molecular complexity index is 1300. The molecule has 0 aliphatic heterocycles. The first-order chi connectivity index (χ1) is 17.9. The summed E-state index contributed by atoms with van der Waals surface area (Å²) in [6.45, 7) is 4.46. The summed E-state index contributed by atoms with van der Waals surface area (Å²) in [7, 11) is 0. The third-order valence-corrected chi connectivity index (χ3v) is 7.08. The van der Waals surface area contributed by atoms with Crippen molar-refractivity contribution in [2.75, 3.05) is 11.9 Å². The first kappa shape index (κ1) is 26.1. The molecule has 0 saturated heterocycles. The SMILES string of the molecule is CCOC(=O)c1c(NC(=O)C(=O)N/N=C/c2ccc(OCc3ccc(C)cc3)cc2)sc2c1CCCC2. The fourth-order valence-corrected chi connectivity index (χ4v) is 5.22. The van der Waals surface area contributed by atoms with Gasteiger partial charge in [-0.15, -0.1) is 11.3 Å². The lowest BCUT2D eigenvalue weighted by Gasteiger charge is -2.12. The van der Waals surface area contributed by atoms with Gasteiger partial charge in [0.1, 0.15) is 17.4 Å². The number of amides is 2. The average Bonchev–Trinajstić information content (AvgIpc) is 3.27. The third kappa shape index (κ3) is 6.83. The highest BCUT2D eigenvalue weighted by Gasteiger charge is 2.28. The van der Waals surface area contributed by atoms with Crippen LogP contribution >= 0.6 is 11.3 Å². The number of nitrogens with one attached hydrogen (secondary N) is 2. The number of ether oxygens (including phenoxy) is 2. The molecule has 1 aromatic heterocycles. The molecule has 0 unspecified atom stereocenters. The van der Waals surface area contributed by atoms with E-state index in [1.54, 1.807) is 31.2 Å². The van der Waals surface area contributed by atoms with Gasteiger partial charge in [0.05, 0.1) is 18.4 Å². The van der Waals surface area contributed by atoms with Crippen molar-refractivity contribution in [3.8, 4) is 5.75 Å². The van der Waals surface area contributed by atoms with E-state index >= 15 is 0 Å². The number of anilines is 1. The largest absolute Gasteiger partial charge is 0.489 e. The summed E-state index contributed by atoms with van der Waals surface area (Å²) in [6, 6.07) is 15.3. The lowest BCUT2D eigenvalue weighted by molar-refractivity contribution is -0.136. The summed E-state index contributed by atoms with van der Waals surface area (Å²) in [6.07, 6.45) is 5.02. The molecule has 1 heterocycles. The van der Waals surface area contributed by atoms with Crippen LogP contribution in [0, 0.1) is 6.92 Å². The number of carbonyl (C=O) groups excluding carboxylic acids is 3. The molecule has 0 bridgehead atoms. The standard InChI is InChI=1S/C28H29N3O5S/c1-3-35-28(34)24-22-6-4-5-7-23(22)37-27(24)30-25(32)26(33)31-29-16-19-12-14-21(15-13-19)36-17-20-10-8-18(2)9-11-20/h8-16H,3-7,17H2,1-2H3,(H,30,32)(H,31,33)/b29-16+. The van der Waals surface area contributed by atoms with Gasteiger partial charge in [-0.2, -0.15) is 5.10 Å². The van der Waals surface area contributed by atoms with Gasteiger partial charge in [0, 0.05) is 4.88 Å². The maximum Gasteiger partial charge on any atom is 0.341 e. The van der Waals surface area contributed by atoms with Gasteiger partial charge in [0.2, 0.25) is 0 Å². The summed E-state index contributed by atoms with van der Waals surface area (Å²) >= 11 is 1.32. The van der Waals surface area contributed by atoms with Crippen molar-refractivity contribution in [1.29, 1.82) is 0 Å². The van der Waals surface area contributed by atoms with Gasteiger partial charge in [-0.25, -0.2) is 10.2 Å². The van der Waals surface area contributed by atoms with Crippen molar-refractivity contribution in [2.45, 2.75) is 46.1 Å². The molecule has 4 rings (SSSR count). The van der Waals surface area contributed by atoms with Gasteiger partial charge in [0.15, 0.2) is 0 Å². The summed E-state index contributed by atoms with van der Waals surface area (Å²) in [4.78, 5) is 38.4. The Balaban J connectivity index is 1.31. The van der Waals surface area contributed by atoms with Crippen LogP contribution in [0.3, 0.4) is 0 Å². The van der Waals surface area contributed by atoms with Crippen LogP contribution in [0.5, 0.6) is 5.75 Å². The monoisotopic (exact) mass is 519 g/mol. The van der Waals surface area contributed by atoms with Crippen molar-refractivity contribution in [3.63, 3.8) is 0 Å². The molecule has 0 spiro atoms. The average molecular weight is 520 g/mol. The Kier molecular flexibility index (Phi) is 8.68. The predicted octanol–water partition coefficient (Wildman–Crippen LogP) is 4.78. The number of benzene rings is 2. The fourth-order valence-electron chi connectivity index (χ4n) is 3.95. The maximum atomic E-state index is 12.5. The number of esters is 1. The van der Waals surface area contributed by atoms with Crippen LogP contribution in [0.2, 0.25) is 0 Å². The molecule has 8 nitrogen and oxygen atoms in total. The normalized spacial score (nSPS) is 12.6. The Hall–Kier alpha value is -3.98. The molecule has 2 aromatic carbocycles. The van der Waals surface area contributed by atoms with E-state index in [0.717, 1.165) is 47.3 Å². The number of thiophene rings is 1. The molecule has 1 aliphatic rings. The number of aryl methyl sites for hydroxylation is 2. The summed E-state index contributed by atoms with van der Waals surface area (Å²) < 4.78 is 11.0. The van der Waals surface area contributed by atoms with E-state index < -0.39 is 17.8 Å². The highest BCUT2D eigenvalue weighted by molar-refractivity contribution is 7.17. The maximum absolute atomic E-state index is 12.5. The van der Waals surface area contributed by atoms with Gasteiger partial charge in [-0.3, -0.25) is 9.59 Å². The first-order valence-corrected chi connectivity index (χ1v) is 13.0. The molecular weight excluding hydrogens is 490 g/mol. The molecule has 0 fully saturated rings. The van der Waals surface area contributed by atoms with E-state index in [1.165, 1.54) is 23.1 Å². The minimum atomic E-state index is -0.935. The van der Waals surface area contributed by atoms with Crippen LogP contribution in [0.4, 0.5) is 5.00 Å². The van der Waals surface area contributed by atoms with Gasteiger partial charge in [-0.05, 0) is 80.5 Å². The minimum absolute atomic E-state index is 0.228. The van der Waals surface area contributed by atoms with Crippen molar-refractivity contribution in [2.24, 2.45) is 5.10 Å². The van der Waals surface area contributed by atoms with Crippen molar-refractivity contribution in [3.05, 3.63) is 81.2 Å². The molecular formula is C28H29N3O5S. The van der Waals surface area contributed by atoms with E-state index in [9.17, 15) is 14.4 Å². The molecule has 1 aliphatic carbocycles. The molecule has 2 amide bonds. The Morgan fingerprint density at radius 1 is 1.00 bits per heavy atom. The van der Waals surface area contributed by atoms with Crippen molar-refractivity contribution >= 4 is 40.3 Å². The molecule has 3 aromatic rings. The van der Waals surface area contributed by atoms with Crippen molar-refractivity contribution < 1.29 is 23.9 Å². The zero-order valence-electron chi connectivity index (χ0n) is 20.8. The second-order valence-corrected chi connectivity index (χ2v) is 9.74. The van der Waals surface area contributed by atoms with Gasteiger partial charge in [0.25, 0.3) is 0 Å². The molecule has 0 saturated carbocycles. The molecule has 2 N–H and O–H groups in total. The number of carbonyl (C=O) groups is 3. The quantitative estimate of drug-likeness (QED) is 0.193. The number of hydrazone groups is 1. The number of nitrogens with zero attached hydrogens (tertiary/aromatic N) is 1. The highest BCUT2D eigenvalue weighted by Crippen LogP contribution is 2.38. The van der Waals surface area contributed by atoms with Crippen LogP contribution in [-0.2, 0) is 33.8 Å². The fraction of sp³-hybridized carbons (Fsp3) is 0.286. The number of hydrogen-bond acceptors (Lipinski definition) is 7. The van der Waals surface area contributed by atoms with Crippen LogP contribution in [-0.4, -0.2) is 30.6 Å². The summed E-state index contributed by atoms with van der Waals surface area (Å²) in [5.74, 6) is -1.62. The Morgan fingerprint density at radius 2 is 1.73 bits per heavy atom. The van der Waals surface area contributed by atoms with Gasteiger partial charge >= 0.3 is 17.8 Å².